The summed E-state index contributed by atoms with van der Waals surface area (Å²) in [6, 6.07) is 7.59. The molecule has 25 heavy (non-hydrogen) atoms. The van der Waals surface area contributed by atoms with Crippen molar-refractivity contribution in [3.05, 3.63) is 46.5 Å². The van der Waals surface area contributed by atoms with E-state index in [1.807, 2.05) is 30.7 Å². The molecule has 0 aromatic carbocycles. The Labute approximate surface area is 153 Å². The van der Waals surface area contributed by atoms with Crippen molar-refractivity contribution in [2.24, 2.45) is 0 Å². The minimum atomic E-state index is -0.108. The second-order valence-corrected chi connectivity index (χ2v) is 7.81. The largest absolute Gasteiger partial charge is 0.354 e. The maximum atomic E-state index is 12.2. The van der Waals surface area contributed by atoms with Crippen molar-refractivity contribution in [3.63, 3.8) is 0 Å². The highest BCUT2D eigenvalue weighted by molar-refractivity contribution is 8.00. The number of hydrogen-bond acceptors (Lipinski definition) is 8. The molecule has 9 heteroatoms. The van der Waals surface area contributed by atoms with E-state index in [1.54, 1.807) is 6.07 Å². The van der Waals surface area contributed by atoms with Gasteiger partial charge in [-0.25, -0.2) is 9.97 Å². The van der Waals surface area contributed by atoms with E-state index in [-0.39, 0.29) is 5.56 Å². The van der Waals surface area contributed by atoms with Crippen LogP contribution in [0, 0.1) is 0 Å². The second kappa shape index (κ2) is 7.11. The van der Waals surface area contributed by atoms with Crippen molar-refractivity contribution >= 4 is 33.9 Å². The summed E-state index contributed by atoms with van der Waals surface area (Å²) in [5.41, 5.74) is 0.705. The van der Waals surface area contributed by atoms with Gasteiger partial charge in [0, 0.05) is 45.0 Å². The molecule has 130 valence electrons. The third-order valence-corrected chi connectivity index (χ3v) is 6.07. The van der Waals surface area contributed by atoms with Crippen LogP contribution in [0.1, 0.15) is 5.69 Å². The molecule has 7 nitrogen and oxygen atoms in total. The summed E-state index contributed by atoms with van der Waals surface area (Å²) in [6.07, 6.45) is 3.77. The van der Waals surface area contributed by atoms with Crippen LogP contribution in [0.5, 0.6) is 0 Å². The summed E-state index contributed by atoms with van der Waals surface area (Å²) in [6.45, 7) is 4.39. The topological polar surface area (TPSA) is 66.6 Å². The highest BCUT2D eigenvalue weighted by Gasteiger charge is 2.19. The number of hydrogen-bond donors (Lipinski definition) is 0. The highest BCUT2D eigenvalue weighted by atomic mass is 32.2. The zero-order valence-electron chi connectivity index (χ0n) is 13.8. The van der Waals surface area contributed by atoms with E-state index in [1.165, 1.54) is 27.6 Å². The van der Waals surface area contributed by atoms with E-state index >= 15 is 0 Å². The van der Waals surface area contributed by atoms with E-state index in [4.69, 9.17) is 0 Å². The number of aromatic nitrogens is 4. The predicted molar refractivity (Wildman–Crippen MR) is 101 cm³/mol. The first-order valence-electron chi connectivity index (χ1n) is 8.05. The Morgan fingerprint density at radius 3 is 2.80 bits per heavy atom. The van der Waals surface area contributed by atoms with E-state index in [2.05, 4.69) is 24.9 Å². The number of rotatable bonds is 4. The molecule has 1 aliphatic heterocycles. The SMILES string of the molecule is CSc1nn2c(=O)cc(CN3CCN(c4ccccn4)CC3)nc2s1. The molecule has 0 radical (unpaired) electrons. The molecule has 1 saturated heterocycles. The zero-order chi connectivity index (χ0) is 17.2. The van der Waals surface area contributed by atoms with Crippen molar-refractivity contribution in [2.75, 3.05) is 37.3 Å². The van der Waals surface area contributed by atoms with Crippen LogP contribution in [0.3, 0.4) is 0 Å². The maximum absolute atomic E-state index is 12.2. The van der Waals surface area contributed by atoms with Gasteiger partial charge in [-0.15, -0.1) is 5.10 Å². The average molecular weight is 374 g/mol. The minimum absolute atomic E-state index is 0.108. The van der Waals surface area contributed by atoms with Crippen LogP contribution in [-0.4, -0.2) is 56.9 Å². The smallest absolute Gasteiger partial charge is 0.275 e. The van der Waals surface area contributed by atoms with Gasteiger partial charge in [0.2, 0.25) is 4.96 Å². The van der Waals surface area contributed by atoms with E-state index in [9.17, 15) is 4.79 Å². The van der Waals surface area contributed by atoms with Gasteiger partial charge in [0.05, 0.1) is 5.69 Å². The van der Waals surface area contributed by atoms with Crippen molar-refractivity contribution < 1.29 is 0 Å². The molecule has 4 heterocycles. The van der Waals surface area contributed by atoms with Gasteiger partial charge in [-0.05, 0) is 18.4 Å². The molecule has 0 bridgehead atoms. The van der Waals surface area contributed by atoms with Crippen LogP contribution >= 0.6 is 23.1 Å². The Morgan fingerprint density at radius 1 is 1.24 bits per heavy atom. The van der Waals surface area contributed by atoms with E-state index in [0.717, 1.165) is 42.0 Å². The standard InChI is InChI=1S/C16H18N6OS2/c1-24-16-19-22-14(23)10-12(18-15(22)25-16)11-20-6-8-21(9-7-20)13-4-2-3-5-17-13/h2-5,10H,6-9,11H2,1H3. The summed E-state index contributed by atoms with van der Waals surface area (Å²) in [5.74, 6) is 1.02. The number of nitrogens with zero attached hydrogens (tertiary/aromatic N) is 6. The second-order valence-electron chi connectivity index (χ2n) is 5.80. The summed E-state index contributed by atoms with van der Waals surface area (Å²) in [7, 11) is 0. The Hall–Kier alpha value is -1.97. The number of fused-ring (bicyclic) bond motifs is 1. The molecule has 1 aliphatic rings. The molecule has 0 aliphatic carbocycles. The molecule has 0 amide bonds. The Kier molecular flexibility index (Phi) is 4.69. The fourth-order valence-corrected chi connectivity index (χ4v) is 4.29. The van der Waals surface area contributed by atoms with Gasteiger partial charge in [-0.1, -0.05) is 29.2 Å². The van der Waals surface area contributed by atoms with Gasteiger partial charge in [-0.3, -0.25) is 9.69 Å². The molecule has 1 fully saturated rings. The molecule has 0 saturated carbocycles. The molecule has 0 unspecified atom stereocenters. The fraction of sp³-hybridized carbons (Fsp3) is 0.375. The number of pyridine rings is 1. The first-order valence-corrected chi connectivity index (χ1v) is 10.1. The third-order valence-electron chi connectivity index (χ3n) is 4.19. The van der Waals surface area contributed by atoms with Crippen molar-refractivity contribution in [1.29, 1.82) is 0 Å². The summed E-state index contributed by atoms with van der Waals surface area (Å²) in [4.78, 5) is 26.5. The van der Waals surface area contributed by atoms with Crippen LogP contribution in [0.15, 0.2) is 39.6 Å². The monoisotopic (exact) mass is 374 g/mol. The fourth-order valence-electron chi connectivity index (χ4n) is 2.91. The highest BCUT2D eigenvalue weighted by Crippen LogP contribution is 2.21. The predicted octanol–water partition coefficient (Wildman–Crippen LogP) is 1.59. The van der Waals surface area contributed by atoms with Gasteiger partial charge in [-0.2, -0.15) is 4.52 Å². The van der Waals surface area contributed by atoms with Crippen molar-refractivity contribution in [3.8, 4) is 0 Å². The van der Waals surface area contributed by atoms with E-state index in [0.29, 0.717) is 11.5 Å². The lowest BCUT2D eigenvalue weighted by molar-refractivity contribution is 0.246. The summed E-state index contributed by atoms with van der Waals surface area (Å²) >= 11 is 2.98. The first kappa shape index (κ1) is 16.5. The molecular weight excluding hydrogens is 356 g/mol. The first-order chi connectivity index (χ1) is 12.2. The Balaban J connectivity index is 1.45. The Bertz CT molecular complexity index is 917. The van der Waals surface area contributed by atoms with Crippen LogP contribution in [0.2, 0.25) is 0 Å². The molecule has 4 rings (SSSR count). The summed E-state index contributed by atoms with van der Waals surface area (Å²) in [5, 5.41) is 4.26. The van der Waals surface area contributed by atoms with Crippen LogP contribution < -0.4 is 10.5 Å². The number of anilines is 1. The molecule has 3 aromatic heterocycles. The quantitative estimate of drug-likeness (QED) is 0.643. The lowest BCUT2D eigenvalue weighted by atomic mass is 10.2. The minimum Gasteiger partial charge on any atom is -0.354 e. The molecule has 0 atom stereocenters. The Morgan fingerprint density at radius 2 is 2.08 bits per heavy atom. The molecule has 0 N–H and O–H groups in total. The summed E-state index contributed by atoms with van der Waals surface area (Å²) < 4.78 is 2.24. The lowest BCUT2D eigenvalue weighted by Crippen LogP contribution is -2.46. The zero-order valence-corrected chi connectivity index (χ0v) is 15.5. The van der Waals surface area contributed by atoms with Gasteiger partial charge < -0.3 is 4.90 Å². The number of piperazine rings is 1. The maximum Gasteiger partial charge on any atom is 0.275 e. The van der Waals surface area contributed by atoms with Crippen LogP contribution in [0.25, 0.3) is 4.96 Å². The van der Waals surface area contributed by atoms with Gasteiger partial charge in [0.25, 0.3) is 5.56 Å². The van der Waals surface area contributed by atoms with Crippen molar-refractivity contribution in [1.82, 2.24) is 24.5 Å². The van der Waals surface area contributed by atoms with Crippen LogP contribution in [0.4, 0.5) is 5.82 Å². The normalized spacial score (nSPS) is 15.8. The number of thioether (sulfide) groups is 1. The van der Waals surface area contributed by atoms with Gasteiger partial charge in [0.1, 0.15) is 5.82 Å². The lowest BCUT2D eigenvalue weighted by Gasteiger charge is -2.35. The van der Waals surface area contributed by atoms with Gasteiger partial charge >= 0.3 is 0 Å². The average Bonchev–Trinajstić information content (AvgIpc) is 3.07. The third kappa shape index (κ3) is 3.53. The molecular formula is C16H18N6OS2. The molecule has 3 aromatic rings. The van der Waals surface area contributed by atoms with E-state index < -0.39 is 0 Å². The van der Waals surface area contributed by atoms with Crippen molar-refractivity contribution in [2.45, 2.75) is 10.9 Å². The molecule has 0 spiro atoms. The van der Waals surface area contributed by atoms with Crippen LogP contribution in [-0.2, 0) is 6.54 Å². The van der Waals surface area contributed by atoms with Gasteiger partial charge in [0.15, 0.2) is 4.34 Å².